The molecule has 0 saturated heterocycles. The highest BCUT2D eigenvalue weighted by Crippen LogP contribution is 2.21. The van der Waals surface area contributed by atoms with Crippen LogP contribution in [0.3, 0.4) is 0 Å². The van der Waals surface area contributed by atoms with Gasteiger partial charge in [0.05, 0.1) is 18.6 Å². The zero-order chi connectivity index (χ0) is 90.1. The number of carbonyl (C=O) groups is 15. The minimum absolute atomic E-state index is 0.00964. The molecule has 0 aliphatic rings. The second kappa shape index (κ2) is 52.2. The Bertz CT molecular complexity index is 3980. The van der Waals surface area contributed by atoms with E-state index in [0.29, 0.717) is 23.1 Å². The van der Waals surface area contributed by atoms with Gasteiger partial charge in [0.25, 0.3) is 0 Å². The Morgan fingerprint density at radius 2 is 0.733 bits per heavy atom. The molecule has 37 N–H and O–H groups in total. The Morgan fingerprint density at radius 3 is 1.11 bits per heavy atom. The van der Waals surface area contributed by atoms with Crippen molar-refractivity contribution in [3.05, 3.63) is 89.5 Å². The van der Waals surface area contributed by atoms with E-state index in [1.165, 1.54) is 86.6 Å². The molecule has 14 atom stereocenters. The molecule has 0 bridgehead atoms. The number of unbranched alkanes of at least 4 members (excludes halogenated alkanes) is 1. The van der Waals surface area contributed by atoms with Crippen LogP contribution in [0.4, 0.5) is 0 Å². The van der Waals surface area contributed by atoms with Gasteiger partial charge in [-0.15, -0.1) is 0 Å². The monoisotopic (exact) mass is 1720 g/mol. The summed E-state index contributed by atoms with van der Waals surface area (Å²) in [6, 6.07) is -4.32. The summed E-state index contributed by atoms with van der Waals surface area (Å²) >= 11 is 8.81. The molecule has 0 aromatic heterocycles. The molecule has 0 aliphatic carbocycles. The summed E-state index contributed by atoms with van der Waals surface area (Å²) in [5.41, 5.74) is 47.2. The molecular formula is C74H116N24O20S2. The summed E-state index contributed by atoms with van der Waals surface area (Å²) in [5, 5.41) is 100. The number of hydrogen-bond acceptors (Lipinski definition) is 27. The number of nitrogens with two attached hydrogens (primary N) is 8. The Kier molecular flexibility index (Phi) is 44.5. The molecule has 0 radical (unpaired) electrons. The molecule has 0 spiro atoms. The van der Waals surface area contributed by atoms with Crippen molar-refractivity contribution in [3.8, 4) is 17.2 Å². The molecule has 0 fully saturated rings. The van der Waals surface area contributed by atoms with E-state index in [0.717, 1.165) is 6.92 Å². The fourth-order valence-corrected chi connectivity index (χ4v) is 12.1. The van der Waals surface area contributed by atoms with E-state index in [1.54, 1.807) is 0 Å². The number of primary amides is 2. The van der Waals surface area contributed by atoms with Crippen molar-refractivity contribution in [3.63, 3.8) is 0 Å². The summed E-state index contributed by atoms with van der Waals surface area (Å²) < 4.78 is -1.51. The van der Waals surface area contributed by atoms with Crippen molar-refractivity contribution < 1.29 is 97.5 Å². The molecule has 0 saturated carbocycles. The molecule has 44 nitrogen and oxygen atoms in total. The second-order valence-corrected chi connectivity index (χ2v) is 30.3. The Morgan fingerprint density at radius 1 is 0.400 bits per heavy atom. The fourth-order valence-electron chi connectivity index (χ4n) is 11.7. The minimum atomic E-state index is -1.95. The van der Waals surface area contributed by atoms with Gasteiger partial charge in [-0.1, -0.05) is 36.4 Å². The Labute approximate surface area is 702 Å². The maximum absolute atomic E-state index is 14.5. The lowest BCUT2D eigenvalue weighted by Crippen LogP contribution is -2.63. The molecule has 0 unspecified atom stereocenters. The highest BCUT2D eigenvalue weighted by Gasteiger charge is 2.41. The van der Waals surface area contributed by atoms with Crippen LogP contribution in [-0.4, -0.2) is 254 Å². The van der Waals surface area contributed by atoms with Crippen LogP contribution in [0.1, 0.15) is 115 Å². The van der Waals surface area contributed by atoms with Crippen molar-refractivity contribution in [1.82, 2.24) is 74.4 Å². The zero-order valence-electron chi connectivity index (χ0n) is 66.7. The lowest BCUT2D eigenvalue weighted by Gasteiger charge is -2.32. The maximum Gasteiger partial charge on any atom is 0.326 e. The third kappa shape index (κ3) is 37.8. The summed E-state index contributed by atoms with van der Waals surface area (Å²) in [4.78, 5) is 208. The molecule has 3 rings (SSSR count). The number of aliphatic hydroxyl groups is 1. The second-order valence-electron chi connectivity index (χ2n) is 28.8. The van der Waals surface area contributed by atoms with Crippen LogP contribution in [-0.2, 0) is 91.2 Å². The highest BCUT2D eigenvalue weighted by atomic mass is 32.1. The number of carboxylic acid groups (broad SMARTS) is 1. The molecule has 3 aromatic rings. The van der Waals surface area contributed by atoms with Crippen LogP contribution in [0.2, 0.25) is 0 Å². The van der Waals surface area contributed by atoms with Gasteiger partial charge in [-0.25, -0.2) is 4.79 Å². The van der Waals surface area contributed by atoms with E-state index in [2.05, 4.69) is 99.7 Å². The standard InChI is InChI=1S/C74H116N24O20S2/c1-37(99)57(69(115)92-49(25-28-76)64(110)87-45(8-4-5-27-75)62(108)96-54(36-119)68(114)90-48(23-24-55(79)103)63(109)88-47(10-7-31-86-73(83)84)61(107)95-53(71(117)118)34-40-15-21-43(102)22-16-40)97-65(111)50(26-29-77)91-60(106)46(9-6-30-85-72(81)82)89-66(112)52(35-56(80)104)94-70(116)58(74(2,3)120)98-67(113)51(33-39-13-19-42(101)20-14-39)93-59(105)44(78)32-38-11-17-41(100)18-12-38/h11-22,37,44-54,57-58,99-102,119-120H,4-10,23-36,75-78H2,1-3H3,(H2,79,103)(H2,80,104)(H,87,110)(H,88,109)(H,89,112)(H,90,114)(H,91,106)(H,92,115)(H,93,105)(H,94,116)(H,95,107)(H,96,108)(H,97,111)(H,98,113)(H,117,118)(H4,81,82,85)(H4,83,84,86)/t37-,44+,45+,46+,47+,48+,49-,50+,51+,52+,53+,54+,57+,58-/m1/s1. The SMILES string of the molecule is C[C@@H](O)[C@H](NC(=O)[C@H](CCN)NC(=O)[C@H](CCCNC(=N)N)NC(=O)[C@H](CC(N)=O)NC(=O)[C@@H](NC(=O)[C@H](Cc1ccc(O)cc1)NC(=O)[C@@H](N)Cc1ccc(O)cc1)C(C)(C)S)C(=O)N[C@H](CCN)C(=O)N[C@@H](CCCCN)C(=O)N[C@@H](CS)C(=O)N[C@@H](CCC(N)=O)C(=O)N[C@@H](CCCNC(=N)N)C(=O)N[C@@H](Cc1ccc(O)cc1)C(=O)O. The number of hydrogen-bond donors (Lipinski definition) is 31. The number of amides is 14. The number of benzene rings is 3. The first-order valence-corrected chi connectivity index (χ1v) is 39.4. The predicted octanol–water partition coefficient (Wildman–Crippen LogP) is -8.43. The van der Waals surface area contributed by atoms with Crippen molar-refractivity contribution >= 4 is 126 Å². The van der Waals surface area contributed by atoms with Gasteiger partial charge >= 0.3 is 5.97 Å². The van der Waals surface area contributed by atoms with E-state index in [1.807, 2.05) is 0 Å². The highest BCUT2D eigenvalue weighted by molar-refractivity contribution is 7.81. The van der Waals surface area contributed by atoms with E-state index < -0.39 is 221 Å². The first kappa shape index (κ1) is 102. The predicted molar refractivity (Wildman–Crippen MR) is 444 cm³/mol. The number of aliphatic carboxylic acids is 1. The number of aromatic hydroxyl groups is 3. The Balaban J connectivity index is 1.89. The number of guanidine groups is 2. The van der Waals surface area contributed by atoms with E-state index >= 15 is 0 Å². The molecule has 0 heterocycles. The summed E-state index contributed by atoms with van der Waals surface area (Å²) in [5.74, 6) is -18.1. The van der Waals surface area contributed by atoms with Gasteiger partial charge in [-0.05, 0) is 164 Å². The van der Waals surface area contributed by atoms with Gasteiger partial charge in [0.15, 0.2) is 11.9 Å². The number of phenolic OH excluding ortho intramolecular Hbond substituents is 3. The lowest BCUT2D eigenvalue weighted by atomic mass is 9.98. The molecule has 0 aliphatic heterocycles. The maximum atomic E-state index is 14.5. The molecule has 46 heteroatoms. The quantitative estimate of drug-likeness (QED) is 0.0108. The first-order chi connectivity index (χ1) is 56.5. The Hall–Kier alpha value is -11.9. The number of carbonyl (C=O) groups excluding carboxylic acids is 14. The zero-order valence-corrected chi connectivity index (χ0v) is 68.5. The number of aliphatic hydroxyl groups excluding tert-OH is 1. The molecule has 664 valence electrons. The smallest absolute Gasteiger partial charge is 0.326 e. The summed E-state index contributed by atoms with van der Waals surface area (Å²) in [7, 11) is 0. The van der Waals surface area contributed by atoms with Crippen LogP contribution in [0.15, 0.2) is 72.8 Å². The largest absolute Gasteiger partial charge is 0.508 e. The first-order valence-electron chi connectivity index (χ1n) is 38.3. The van der Waals surface area contributed by atoms with Gasteiger partial charge in [0, 0.05) is 42.9 Å². The van der Waals surface area contributed by atoms with Crippen LogP contribution >= 0.6 is 25.3 Å². The van der Waals surface area contributed by atoms with Gasteiger partial charge < -0.3 is 146 Å². The average molecular weight is 1730 g/mol. The average Bonchev–Trinajstić information content (AvgIpc) is 0.825. The number of rotatable bonds is 55. The van der Waals surface area contributed by atoms with Crippen molar-refractivity contribution in [2.75, 3.05) is 38.5 Å². The van der Waals surface area contributed by atoms with E-state index in [4.69, 9.17) is 56.7 Å². The third-order valence-corrected chi connectivity index (χ3v) is 18.8. The van der Waals surface area contributed by atoms with Crippen molar-refractivity contribution in [1.29, 1.82) is 10.8 Å². The topological polar surface area (TPSA) is 781 Å². The van der Waals surface area contributed by atoms with Gasteiger partial charge in [-0.3, -0.25) is 77.9 Å². The molecule has 3 aromatic carbocycles. The molecular weight excluding hydrogens is 1610 g/mol. The van der Waals surface area contributed by atoms with E-state index in [-0.39, 0.29) is 114 Å². The minimum Gasteiger partial charge on any atom is -0.508 e. The van der Waals surface area contributed by atoms with E-state index in [9.17, 15) is 97.5 Å². The van der Waals surface area contributed by atoms with Crippen LogP contribution < -0.4 is 120 Å². The molecule has 120 heavy (non-hydrogen) atoms. The lowest BCUT2D eigenvalue weighted by molar-refractivity contribution is -0.142. The fraction of sp³-hybridized carbons (Fsp3) is 0.527. The molecule has 14 amide bonds. The summed E-state index contributed by atoms with van der Waals surface area (Å²) in [6.45, 7) is 3.31. The van der Waals surface area contributed by atoms with Crippen molar-refractivity contribution in [2.24, 2.45) is 45.9 Å². The van der Waals surface area contributed by atoms with Gasteiger partial charge in [0.1, 0.15) is 89.8 Å². The van der Waals surface area contributed by atoms with Crippen LogP contribution in [0.5, 0.6) is 17.2 Å². The van der Waals surface area contributed by atoms with Crippen LogP contribution in [0, 0.1) is 10.8 Å². The number of thiol groups is 2. The third-order valence-electron chi connectivity index (χ3n) is 18.2. The number of phenols is 3. The normalized spacial score (nSPS) is 14.7. The van der Waals surface area contributed by atoms with Gasteiger partial charge in [-0.2, -0.15) is 25.3 Å². The van der Waals surface area contributed by atoms with Gasteiger partial charge in [0.2, 0.25) is 82.7 Å². The van der Waals surface area contributed by atoms with Crippen molar-refractivity contribution in [2.45, 2.75) is 206 Å². The number of carboxylic acids is 1. The van der Waals surface area contributed by atoms with Crippen LogP contribution in [0.25, 0.3) is 0 Å². The number of nitrogens with one attached hydrogen (secondary N) is 16. The summed E-state index contributed by atoms with van der Waals surface area (Å²) in [6.07, 6.45) is -5.20.